The van der Waals surface area contributed by atoms with E-state index >= 15 is 0 Å². The number of carbonyl (C=O) groups excluding carboxylic acids is 4. The van der Waals surface area contributed by atoms with E-state index in [2.05, 4.69) is 17.2 Å². The summed E-state index contributed by atoms with van der Waals surface area (Å²) >= 11 is 0. The van der Waals surface area contributed by atoms with Gasteiger partial charge in [0.1, 0.15) is 6.04 Å². The molecule has 2 heterocycles. The molecule has 0 saturated carbocycles. The maximum absolute atomic E-state index is 12.7. The Morgan fingerprint density at radius 2 is 2.00 bits per heavy atom. The van der Waals surface area contributed by atoms with Crippen LogP contribution in [0.3, 0.4) is 0 Å². The highest BCUT2D eigenvalue weighted by atomic mass is 16.2. The first-order valence-electron chi connectivity index (χ1n) is 7.38. The molecule has 1 atom stereocenters. The van der Waals surface area contributed by atoms with E-state index in [-0.39, 0.29) is 24.0 Å². The van der Waals surface area contributed by atoms with Gasteiger partial charge in [0, 0.05) is 18.4 Å². The molecule has 2 aliphatic heterocycles. The maximum Gasteiger partial charge on any atom is 0.263 e. The Morgan fingerprint density at radius 1 is 1.22 bits per heavy atom. The van der Waals surface area contributed by atoms with Gasteiger partial charge >= 0.3 is 0 Å². The molecule has 6 nitrogen and oxygen atoms in total. The molecule has 1 saturated heterocycles. The van der Waals surface area contributed by atoms with E-state index in [0.717, 1.165) is 4.90 Å². The van der Waals surface area contributed by atoms with Crippen molar-refractivity contribution >= 4 is 23.6 Å². The molecule has 1 aromatic carbocycles. The van der Waals surface area contributed by atoms with Gasteiger partial charge in [-0.05, 0) is 18.6 Å². The molecular formula is C17H14N2O4. The van der Waals surface area contributed by atoms with Crippen molar-refractivity contribution in [3.8, 4) is 11.8 Å². The standard InChI is InChI=1S/C17H14N2O4/c1-2-3-5-10-6-4-7-11-14(10)17(23)19(16(11)22)12-8-9-13(20)18-15(12)21/h4,6-7,12H,2,8-9H2,1H3,(H,18,20,21). The predicted octanol–water partition coefficient (Wildman–Crippen LogP) is 0.849. The van der Waals surface area contributed by atoms with Crippen LogP contribution >= 0.6 is 0 Å². The third kappa shape index (κ3) is 2.40. The molecular weight excluding hydrogens is 296 g/mol. The van der Waals surface area contributed by atoms with Gasteiger partial charge in [0.15, 0.2) is 0 Å². The third-order valence-electron chi connectivity index (χ3n) is 3.87. The number of imide groups is 2. The predicted molar refractivity (Wildman–Crippen MR) is 80.3 cm³/mol. The highest BCUT2D eigenvalue weighted by molar-refractivity contribution is 6.24. The zero-order chi connectivity index (χ0) is 16.6. The van der Waals surface area contributed by atoms with E-state index in [1.165, 1.54) is 0 Å². The SMILES string of the molecule is CCC#Cc1cccc2c1C(=O)N(C1CCC(=O)NC1=O)C2=O. The quantitative estimate of drug-likeness (QED) is 0.616. The average Bonchev–Trinajstić information content (AvgIpc) is 2.78. The number of nitrogens with zero attached hydrogens (tertiary/aromatic N) is 1. The third-order valence-corrected chi connectivity index (χ3v) is 3.87. The van der Waals surface area contributed by atoms with Crippen molar-refractivity contribution in [3.63, 3.8) is 0 Å². The Bertz CT molecular complexity index is 801. The molecule has 6 heteroatoms. The van der Waals surface area contributed by atoms with Crippen LogP contribution in [-0.2, 0) is 9.59 Å². The molecule has 23 heavy (non-hydrogen) atoms. The van der Waals surface area contributed by atoms with Crippen LogP contribution in [0.2, 0.25) is 0 Å². The van der Waals surface area contributed by atoms with Gasteiger partial charge in [-0.3, -0.25) is 29.4 Å². The topological polar surface area (TPSA) is 83.6 Å². The minimum atomic E-state index is -0.952. The molecule has 2 aliphatic rings. The number of rotatable bonds is 1. The Morgan fingerprint density at radius 3 is 2.70 bits per heavy atom. The fraction of sp³-hybridized carbons (Fsp3) is 0.294. The van der Waals surface area contributed by atoms with Crippen molar-refractivity contribution in [2.75, 3.05) is 0 Å². The summed E-state index contributed by atoms with van der Waals surface area (Å²) in [6, 6.07) is 3.95. The van der Waals surface area contributed by atoms with Gasteiger partial charge < -0.3 is 0 Å². The molecule has 0 radical (unpaired) electrons. The number of nitrogens with one attached hydrogen (secondary N) is 1. The molecule has 1 unspecified atom stereocenters. The van der Waals surface area contributed by atoms with Crippen LogP contribution in [0.25, 0.3) is 0 Å². The zero-order valence-electron chi connectivity index (χ0n) is 12.5. The van der Waals surface area contributed by atoms with Crippen LogP contribution in [-0.4, -0.2) is 34.6 Å². The molecule has 0 bridgehead atoms. The molecule has 1 aromatic rings. The largest absolute Gasteiger partial charge is 0.295 e. The number of benzene rings is 1. The molecule has 1 N–H and O–H groups in total. The van der Waals surface area contributed by atoms with Gasteiger partial charge in [-0.2, -0.15) is 0 Å². The van der Waals surface area contributed by atoms with Crippen LogP contribution in [0.4, 0.5) is 0 Å². The van der Waals surface area contributed by atoms with Crippen molar-refractivity contribution < 1.29 is 19.2 Å². The highest BCUT2D eigenvalue weighted by Crippen LogP contribution is 2.29. The molecule has 116 valence electrons. The van der Waals surface area contributed by atoms with Crippen molar-refractivity contribution in [1.29, 1.82) is 0 Å². The van der Waals surface area contributed by atoms with Gasteiger partial charge in [0.2, 0.25) is 11.8 Å². The van der Waals surface area contributed by atoms with Crippen molar-refractivity contribution in [2.24, 2.45) is 0 Å². The molecule has 3 rings (SSSR count). The monoisotopic (exact) mass is 310 g/mol. The lowest BCUT2D eigenvalue weighted by Gasteiger charge is -2.27. The second-order valence-corrected chi connectivity index (χ2v) is 5.33. The highest BCUT2D eigenvalue weighted by Gasteiger charge is 2.45. The first-order chi connectivity index (χ1) is 11.0. The summed E-state index contributed by atoms with van der Waals surface area (Å²) in [4.78, 5) is 49.4. The summed E-state index contributed by atoms with van der Waals surface area (Å²) in [5.74, 6) is 3.72. The number of piperidine rings is 1. The summed E-state index contributed by atoms with van der Waals surface area (Å²) in [6.07, 6.45) is 0.876. The fourth-order valence-corrected chi connectivity index (χ4v) is 2.80. The maximum atomic E-state index is 12.7. The van der Waals surface area contributed by atoms with E-state index in [9.17, 15) is 19.2 Å². The molecule has 1 fully saturated rings. The lowest BCUT2D eigenvalue weighted by Crippen LogP contribution is -2.54. The van der Waals surface area contributed by atoms with Gasteiger partial charge in [0.25, 0.3) is 11.8 Å². The van der Waals surface area contributed by atoms with E-state index in [0.29, 0.717) is 12.0 Å². The van der Waals surface area contributed by atoms with Crippen LogP contribution < -0.4 is 5.32 Å². The zero-order valence-corrected chi connectivity index (χ0v) is 12.5. The Kier molecular flexibility index (Phi) is 3.70. The number of hydrogen-bond acceptors (Lipinski definition) is 4. The Hall–Kier alpha value is -2.94. The lowest BCUT2D eigenvalue weighted by molar-refractivity contribution is -0.136. The van der Waals surface area contributed by atoms with E-state index in [1.54, 1.807) is 18.2 Å². The van der Waals surface area contributed by atoms with Gasteiger partial charge in [0.05, 0.1) is 11.1 Å². The fourth-order valence-electron chi connectivity index (χ4n) is 2.80. The summed E-state index contributed by atoms with van der Waals surface area (Å²) in [5, 5.41) is 2.17. The van der Waals surface area contributed by atoms with Gasteiger partial charge in [-0.15, -0.1) is 0 Å². The summed E-state index contributed by atoms with van der Waals surface area (Å²) in [5.41, 5.74) is 0.975. The lowest BCUT2D eigenvalue weighted by atomic mass is 10.0. The van der Waals surface area contributed by atoms with Gasteiger partial charge in [-0.25, -0.2) is 0 Å². The van der Waals surface area contributed by atoms with Crippen LogP contribution in [0.1, 0.15) is 52.5 Å². The van der Waals surface area contributed by atoms with E-state index in [4.69, 9.17) is 0 Å². The molecule has 0 aromatic heterocycles. The van der Waals surface area contributed by atoms with E-state index in [1.807, 2.05) is 6.92 Å². The number of carbonyl (C=O) groups is 4. The minimum Gasteiger partial charge on any atom is -0.295 e. The van der Waals surface area contributed by atoms with Crippen molar-refractivity contribution in [2.45, 2.75) is 32.2 Å². The first-order valence-corrected chi connectivity index (χ1v) is 7.38. The van der Waals surface area contributed by atoms with Gasteiger partial charge in [-0.1, -0.05) is 24.8 Å². The molecule has 4 amide bonds. The van der Waals surface area contributed by atoms with Crippen LogP contribution in [0.5, 0.6) is 0 Å². The van der Waals surface area contributed by atoms with Crippen molar-refractivity contribution in [1.82, 2.24) is 10.2 Å². The Balaban J connectivity index is 2.01. The normalized spacial score (nSPS) is 20.0. The average molecular weight is 310 g/mol. The number of amides is 4. The smallest absolute Gasteiger partial charge is 0.263 e. The minimum absolute atomic E-state index is 0.103. The summed E-state index contributed by atoms with van der Waals surface area (Å²) < 4.78 is 0. The first kappa shape index (κ1) is 15.0. The van der Waals surface area contributed by atoms with E-state index < -0.39 is 29.7 Å². The molecule has 0 spiro atoms. The number of fused-ring (bicyclic) bond motifs is 1. The Labute approximate surface area is 132 Å². The van der Waals surface area contributed by atoms with Crippen LogP contribution in [0, 0.1) is 11.8 Å². The summed E-state index contributed by atoms with van der Waals surface area (Å²) in [6.45, 7) is 1.89. The second kappa shape index (κ2) is 5.69. The van der Waals surface area contributed by atoms with Crippen molar-refractivity contribution in [3.05, 3.63) is 34.9 Å². The molecule has 0 aliphatic carbocycles. The second-order valence-electron chi connectivity index (χ2n) is 5.33. The summed E-state index contributed by atoms with van der Waals surface area (Å²) in [7, 11) is 0. The number of hydrogen-bond donors (Lipinski definition) is 1. The van der Waals surface area contributed by atoms with Crippen LogP contribution in [0.15, 0.2) is 18.2 Å².